The lowest BCUT2D eigenvalue weighted by molar-refractivity contribution is 0.284. The molecule has 21 heavy (non-hydrogen) atoms. The van der Waals surface area contributed by atoms with Gasteiger partial charge in [-0.15, -0.1) is 12.4 Å². The first-order chi connectivity index (χ1) is 9.46. The molecule has 2 rings (SSSR count). The number of rotatable bonds is 4. The molecule has 5 nitrogen and oxygen atoms in total. The first kappa shape index (κ1) is 18.7. The molecule has 0 spiro atoms. The van der Waals surface area contributed by atoms with Crippen molar-refractivity contribution in [2.75, 3.05) is 26.2 Å². The number of nitrogens with one attached hydrogen (secondary N) is 1. The van der Waals surface area contributed by atoms with E-state index < -0.39 is 10.0 Å². The Morgan fingerprint density at radius 1 is 1.48 bits per heavy atom. The van der Waals surface area contributed by atoms with E-state index in [4.69, 9.17) is 4.74 Å². The molecule has 1 N–H and O–H groups in total. The van der Waals surface area contributed by atoms with Crippen molar-refractivity contribution in [2.24, 2.45) is 0 Å². The van der Waals surface area contributed by atoms with Crippen molar-refractivity contribution < 1.29 is 13.2 Å². The molecule has 0 aromatic heterocycles. The van der Waals surface area contributed by atoms with Gasteiger partial charge in [0.05, 0.1) is 16.0 Å². The van der Waals surface area contributed by atoms with Crippen molar-refractivity contribution in [2.45, 2.75) is 24.8 Å². The minimum Gasteiger partial charge on any atom is -0.493 e. The van der Waals surface area contributed by atoms with E-state index in [-0.39, 0.29) is 18.4 Å². The molecule has 1 aromatic rings. The third kappa shape index (κ3) is 4.10. The molecule has 1 unspecified atom stereocenters. The van der Waals surface area contributed by atoms with Crippen LogP contribution in [0.4, 0.5) is 0 Å². The lowest BCUT2D eigenvalue weighted by atomic mass is 10.3. The van der Waals surface area contributed by atoms with Crippen LogP contribution >= 0.6 is 28.3 Å². The van der Waals surface area contributed by atoms with E-state index in [0.717, 1.165) is 0 Å². The molecule has 1 heterocycles. The van der Waals surface area contributed by atoms with Crippen LogP contribution in [0.1, 0.15) is 13.8 Å². The highest BCUT2D eigenvalue weighted by molar-refractivity contribution is 9.10. The Hall–Kier alpha value is -0.340. The van der Waals surface area contributed by atoms with Gasteiger partial charge in [-0.05, 0) is 48.0 Å². The van der Waals surface area contributed by atoms with E-state index in [9.17, 15) is 8.42 Å². The summed E-state index contributed by atoms with van der Waals surface area (Å²) in [5, 5.41) is 3.19. The maximum atomic E-state index is 12.7. The number of piperazine rings is 1. The lowest BCUT2D eigenvalue weighted by Gasteiger charge is -2.32. The number of hydrogen-bond donors (Lipinski definition) is 1. The lowest BCUT2D eigenvalue weighted by Crippen LogP contribution is -2.52. The second-order valence-electron chi connectivity index (χ2n) is 4.69. The second-order valence-corrected chi connectivity index (χ2v) is 7.44. The molecule has 8 heteroatoms. The summed E-state index contributed by atoms with van der Waals surface area (Å²) in [6.07, 6.45) is 0. The van der Waals surface area contributed by atoms with Gasteiger partial charge in [-0.2, -0.15) is 4.31 Å². The third-order valence-corrected chi connectivity index (χ3v) is 5.88. The number of halogens is 2. The average Bonchev–Trinajstić information content (AvgIpc) is 2.41. The van der Waals surface area contributed by atoms with Crippen molar-refractivity contribution in [1.29, 1.82) is 0 Å². The van der Waals surface area contributed by atoms with E-state index in [0.29, 0.717) is 41.4 Å². The van der Waals surface area contributed by atoms with Gasteiger partial charge < -0.3 is 10.1 Å². The van der Waals surface area contributed by atoms with Gasteiger partial charge in [0, 0.05) is 25.7 Å². The first-order valence-corrected chi connectivity index (χ1v) is 8.85. The normalized spacial score (nSPS) is 19.9. The van der Waals surface area contributed by atoms with Crippen LogP contribution in [-0.4, -0.2) is 45.0 Å². The van der Waals surface area contributed by atoms with Gasteiger partial charge >= 0.3 is 0 Å². The fourth-order valence-electron chi connectivity index (χ4n) is 2.23. The van der Waals surface area contributed by atoms with Crippen LogP contribution in [0.15, 0.2) is 27.6 Å². The predicted octanol–water partition coefficient (Wildman–Crippen LogP) is 2.25. The van der Waals surface area contributed by atoms with Gasteiger partial charge in [-0.3, -0.25) is 0 Å². The number of nitrogens with zero attached hydrogens (tertiary/aromatic N) is 1. The monoisotopic (exact) mass is 398 g/mol. The Balaban J connectivity index is 0.00000220. The molecule has 1 atom stereocenters. The number of ether oxygens (including phenoxy) is 1. The summed E-state index contributed by atoms with van der Waals surface area (Å²) in [5.74, 6) is 0.653. The number of benzene rings is 1. The first-order valence-electron chi connectivity index (χ1n) is 6.61. The highest BCUT2D eigenvalue weighted by atomic mass is 79.9. The second kappa shape index (κ2) is 7.78. The summed E-state index contributed by atoms with van der Waals surface area (Å²) in [6, 6.07) is 4.85. The van der Waals surface area contributed by atoms with Gasteiger partial charge in [-0.25, -0.2) is 8.42 Å². The van der Waals surface area contributed by atoms with E-state index in [1.807, 2.05) is 13.8 Å². The van der Waals surface area contributed by atoms with Crippen LogP contribution < -0.4 is 10.1 Å². The zero-order valence-electron chi connectivity index (χ0n) is 12.0. The highest BCUT2D eigenvalue weighted by Crippen LogP contribution is 2.29. The molecule has 120 valence electrons. The van der Waals surface area contributed by atoms with Gasteiger partial charge in [0.2, 0.25) is 10.0 Å². The third-order valence-electron chi connectivity index (χ3n) is 3.25. The summed E-state index contributed by atoms with van der Waals surface area (Å²) < 4.78 is 32.9. The summed E-state index contributed by atoms with van der Waals surface area (Å²) in [6.45, 7) is 6.19. The molecule has 0 bridgehead atoms. The quantitative estimate of drug-likeness (QED) is 0.843. The molecule has 0 amide bonds. The van der Waals surface area contributed by atoms with Gasteiger partial charge in [0.25, 0.3) is 0 Å². The van der Waals surface area contributed by atoms with Gasteiger partial charge in [0.15, 0.2) is 0 Å². The molecular formula is C13H20BrClN2O3S. The average molecular weight is 400 g/mol. The molecule has 1 aliphatic rings. The Labute approximate surface area is 140 Å². The maximum Gasteiger partial charge on any atom is 0.243 e. The molecule has 1 aromatic carbocycles. The zero-order valence-corrected chi connectivity index (χ0v) is 15.2. The number of sulfonamides is 1. The van der Waals surface area contributed by atoms with Crippen LogP contribution in [0.5, 0.6) is 5.75 Å². The Morgan fingerprint density at radius 3 is 2.76 bits per heavy atom. The minimum atomic E-state index is -3.46. The molecule has 1 saturated heterocycles. The van der Waals surface area contributed by atoms with E-state index >= 15 is 0 Å². The summed E-state index contributed by atoms with van der Waals surface area (Å²) >= 11 is 3.36. The Morgan fingerprint density at radius 2 is 2.19 bits per heavy atom. The minimum absolute atomic E-state index is 0. The molecular weight excluding hydrogens is 380 g/mol. The fraction of sp³-hybridized carbons (Fsp3) is 0.538. The van der Waals surface area contributed by atoms with Crippen LogP contribution in [-0.2, 0) is 10.0 Å². The van der Waals surface area contributed by atoms with Crippen molar-refractivity contribution in [3.8, 4) is 5.75 Å². The zero-order chi connectivity index (χ0) is 14.8. The molecule has 0 aliphatic carbocycles. The molecule has 0 radical (unpaired) electrons. The van der Waals surface area contributed by atoms with Crippen LogP contribution in [0, 0.1) is 0 Å². The molecule has 0 saturated carbocycles. The highest BCUT2D eigenvalue weighted by Gasteiger charge is 2.31. The summed E-state index contributed by atoms with van der Waals surface area (Å²) in [7, 11) is -3.46. The van der Waals surface area contributed by atoms with Crippen LogP contribution in [0.25, 0.3) is 0 Å². The molecule has 1 aliphatic heterocycles. The Kier molecular flexibility index (Phi) is 6.93. The van der Waals surface area contributed by atoms with E-state index in [1.54, 1.807) is 22.5 Å². The van der Waals surface area contributed by atoms with Gasteiger partial charge in [0.1, 0.15) is 5.75 Å². The van der Waals surface area contributed by atoms with Crippen LogP contribution in [0.3, 0.4) is 0 Å². The largest absolute Gasteiger partial charge is 0.493 e. The van der Waals surface area contributed by atoms with Crippen LogP contribution in [0.2, 0.25) is 0 Å². The smallest absolute Gasteiger partial charge is 0.243 e. The van der Waals surface area contributed by atoms with Crippen molar-refractivity contribution in [3.63, 3.8) is 0 Å². The summed E-state index contributed by atoms with van der Waals surface area (Å²) in [5.41, 5.74) is 0. The maximum absolute atomic E-state index is 12.7. The fourth-order valence-corrected chi connectivity index (χ4v) is 4.53. The Bertz CT molecular complexity index is 583. The van der Waals surface area contributed by atoms with Gasteiger partial charge in [-0.1, -0.05) is 0 Å². The van der Waals surface area contributed by atoms with Crippen molar-refractivity contribution >= 4 is 38.4 Å². The predicted molar refractivity (Wildman–Crippen MR) is 88.8 cm³/mol. The van der Waals surface area contributed by atoms with Crippen molar-refractivity contribution in [1.82, 2.24) is 9.62 Å². The number of hydrogen-bond acceptors (Lipinski definition) is 4. The van der Waals surface area contributed by atoms with E-state index in [2.05, 4.69) is 21.2 Å². The topological polar surface area (TPSA) is 58.6 Å². The summed E-state index contributed by atoms with van der Waals surface area (Å²) in [4.78, 5) is 0.293. The molecule has 1 fully saturated rings. The standard InChI is InChI=1S/C13H19BrN2O3S.ClH/c1-3-19-13-5-4-11(8-12(13)14)20(17,18)16-7-6-15-9-10(16)2;/h4-5,8,10,15H,3,6-7,9H2,1-2H3;1H. The SMILES string of the molecule is CCOc1ccc(S(=O)(=O)N2CCNCC2C)cc1Br.Cl. The van der Waals surface area contributed by atoms with Crippen molar-refractivity contribution in [3.05, 3.63) is 22.7 Å². The van der Waals surface area contributed by atoms with E-state index in [1.165, 1.54) is 0 Å².